The van der Waals surface area contributed by atoms with Crippen LogP contribution in [-0.4, -0.2) is 7.11 Å². The van der Waals surface area contributed by atoms with Crippen molar-refractivity contribution < 1.29 is 4.74 Å². The van der Waals surface area contributed by atoms with Gasteiger partial charge in [0.2, 0.25) is 0 Å². The van der Waals surface area contributed by atoms with Gasteiger partial charge in [0.1, 0.15) is 5.75 Å². The van der Waals surface area contributed by atoms with Crippen LogP contribution < -0.4 is 15.8 Å². The lowest BCUT2D eigenvalue weighted by atomic mass is 10.1. The van der Waals surface area contributed by atoms with Gasteiger partial charge in [-0.25, -0.2) is 0 Å². The Morgan fingerprint density at radius 1 is 1.06 bits per heavy atom. The number of anilines is 1. The van der Waals surface area contributed by atoms with Crippen molar-refractivity contribution in [3.63, 3.8) is 0 Å². The molecule has 0 spiro atoms. The number of ether oxygens (including phenoxy) is 1. The zero-order valence-corrected chi connectivity index (χ0v) is 10.5. The Bertz CT molecular complexity index is 511. The lowest BCUT2D eigenvalue weighted by Gasteiger charge is -2.11. The molecule has 0 atom stereocenters. The molecule has 0 amide bonds. The Kier molecular flexibility index (Phi) is 4.20. The van der Waals surface area contributed by atoms with E-state index in [4.69, 9.17) is 10.5 Å². The van der Waals surface area contributed by atoms with E-state index in [1.165, 1.54) is 5.56 Å². The third kappa shape index (κ3) is 3.02. The number of hydrogen-bond donors (Lipinski definition) is 2. The summed E-state index contributed by atoms with van der Waals surface area (Å²) in [5.41, 5.74) is 8.99. The number of para-hydroxylation sites is 2. The van der Waals surface area contributed by atoms with Gasteiger partial charge >= 0.3 is 0 Å². The van der Waals surface area contributed by atoms with Gasteiger partial charge in [-0.3, -0.25) is 0 Å². The predicted molar refractivity (Wildman–Crippen MR) is 74.7 cm³/mol. The summed E-state index contributed by atoms with van der Waals surface area (Å²) >= 11 is 0. The lowest BCUT2D eigenvalue weighted by Crippen LogP contribution is -2.03. The lowest BCUT2D eigenvalue weighted by molar-refractivity contribution is 0.416. The monoisotopic (exact) mass is 242 g/mol. The summed E-state index contributed by atoms with van der Waals surface area (Å²) in [5.74, 6) is 0.854. The summed E-state index contributed by atoms with van der Waals surface area (Å²) in [7, 11) is 1.68. The first-order valence-corrected chi connectivity index (χ1v) is 5.98. The highest BCUT2D eigenvalue weighted by molar-refractivity contribution is 5.56. The van der Waals surface area contributed by atoms with Crippen LogP contribution in [0.1, 0.15) is 11.1 Å². The summed E-state index contributed by atoms with van der Waals surface area (Å²) in [6.45, 7) is 1.33. The molecule has 2 aromatic carbocycles. The minimum atomic E-state index is 0.572. The molecule has 0 aliphatic rings. The van der Waals surface area contributed by atoms with Crippen molar-refractivity contribution in [2.75, 3.05) is 12.4 Å². The Hall–Kier alpha value is -2.00. The van der Waals surface area contributed by atoms with Gasteiger partial charge in [-0.1, -0.05) is 36.4 Å². The van der Waals surface area contributed by atoms with E-state index in [1.807, 2.05) is 36.4 Å². The van der Waals surface area contributed by atoms with Crippen molar-refractivity contribution in [2.45, 2.75) is 13.1 Å². The van der Waals surface area contributed by atoms with Gasteiger partial charge in [-0.05, 0) is 23.3 Å². The molecule has 2 aromatic rings. The number of nitrogens with two attached hydrogens (primary N) is 1. The molecule has 18 heavy (non-hydrogen) atoms. The standard InChI is InChI=1S/C15H18N2O/c1-18-15-8-3-2-7-14(15)17-11-13-6-4-5-12(9-13)10-16/h2-9,17H,10-11,16H2,1H3. The van der Waals surface area contributed by atoms with Crippen LogP contribution in [0.2, 0.25) is 0 Å². The molecule has 3 nitrogen and oxygen atoms in total. The molecule has 0 aromatic heterocycles. The summed E-state index contributed by atoms with van der Waals surface area (Å²) in [4.78, 5) is 0. The molecule has 2 rings (SSSR count). The maximum atomic E-state index is 5.63. The SMILES string of the molecule is COc1ccccc1NCc1cccc(CN)c1. The Balaban J connectivity index is 2.06. The van der Waals surface area contributed by atoms with Gasteiger partial charge in [0.25, 0.3) is 0 Å². The van der Waals surface area contributed by atoms with Crippen LogP contribution in [0.3, 0.4) is 0 Å². The van der Waals surface area contributed by atoms with Crippen LogP contribution in [-0.2, 0) is 13.1 Å². The first-order valence-electron chi connectivity index (χ1n) is 5.98. The summed E-state index contributed by atoms with van der Waals surface area (Å²) in [6, 6.07) is 16.2. The highest BCUT2D eigenvalue weighted by Crippen LogP contribution is 2.23. The molecule has 0 fully saturated rings. The number of methoxy groups -OCH3 is 1. The van der Waals surface area contributed by atoms with E-state index in [0.29, 0.717) is 6.54 Å². The maximum absolute atomic E-state index is 5.63. The second-order valence-electron chi connectivity index (χ2n) is 4.08. The molecule has 0 radical (unpaired) electrons. The highest BCUT2D eigenvalue weighted by Gasteiger charge is 2.01. The molecule has 3 heteroatoms. The van der Waals surface area contributed by atoms with E-state index in [1.54, 1.807) is 7.11 Å². The minimum absolute atomic E-state index is 0.572. The first kappa shape index (κ1) is 12.5. The van der Waals surface area contributed by atoms with E-state index in [-0.39, 0.29) is 0 Å². The molecule has 0 unspecified atom stereocenters. The molecular weight excluding hydrogens is 224 g/mol. The fourth-order valence-electron chi connectivity index (χ4n) is 1.85. The third-order valence-corrected chi connectivity index (χ3v) is 2.82. The fraction of sp³-hybridized carbons (Fsp3) is 0.200. The molecule has 0 saturated carbocycles. The second-order valence-corrected chi connectivity index (χ2v) is 4.08. The van der Waals surface area contributed by atoms with Crippen LogP contribution in [0.5, 0.6) is 5.75 Å². The van der Waals surface area contributed by atoms with Crippen molar-refractivity contribution in [1.82, 2.24) is 0 Å². The predicted octanol–water partition coefficient (Wildman–Crippen LogP) is 2.77. The van der Waals surface area contributed by atoms with Gasteiger partial charge in [-0.2, -0.15) is 0 Å². The Morgan fingerprint density at radius 3 is 2.61 bits per heavy atom. The van der Waals surface area contributed by atoms with E-state index < -0.39 is 0 Å². The Morgan fingerprint density at radius 2 is 1.83 bits per heavy atom. The molecule has 0 heterocycles. The van der Waals surface area contributed by atoms with Crippen molar-refractivity contribution in [1.29, 1.82) is 0 Å². The minimum Gasteiger partial charge on any atom is -0.495 e. The quantitative estimate of drug-likeness (QED) is 0.847. The van der Waals surface area contributed by atoms with Gasteiger partial charge in [0, 0.05) is 13.1 Å². The molecule has 0 aliphatic heterocycles. The average Bonchev–Trinajstić information content (AvgIpc) is 2.45. The molecular formula is C15H18N2O. The fourth-order valence-corrected chi connectivity index (χ4v) is 1.85. The van der Waals surface area contributed by atoms with Crippen molar-refractivity contribution >= 4 is 5.69 Å². The van der Waals surface area contributed by atoms with E-state index in [9.17, 15) is 0 Å². The summed E-state index contributed by atoms with van der Waals surface area (Å²) in [6.07, 6.45) is 0. The van der Waals surface area contributed by atoms with Crippen molar-refractivity contribution in [3.8, 4) is 5.75 Å². The first-order chi connectivity index (χ1) is 8.83. The maximum Gasteiger partial charge on any atom is 0.141 e. The number of nitrogens with one attached hydrogen (secondary N) is 1. The largest absolute Gasteiger partial charge is 0.495 e. The normalized spacial score (nSPS) is 10.1. The molecule has 94 valence electrons. The smallest absolute Gasteiger partial charge is 0.141 e. The summed E-state index contributed by atoms with van der Waals surface area (Å²) in [5, 5.41) is 3.37. The van der Waals surface area contributed by atoms with Gasteiger partial charge in [0.15, 0.2) is 0 Å². The zero-order chi connectivity index (χ0) is 12.8. The second kappa shape index (κ2) is 6.07. The number of hydrogen-bond acceptors (Lipinski definition) is 3. The molecule has 0 saturated heterocycles. The molecule has 3 N–H and O–H groups in total. The topological polar surface area (TPSA) is 47.3 Å². The Labute approximate surface area is 108 Å². The van der Waals surface area contributed by atoms with E-state index in [2.05, 4.69) is 17.4 Å². The number of rotatable bonds is 5. The van der Waals surface area contributed by atoms with E-state index >= 15 is 0 Å². The van der Waals surface area contributed by atoms with Crippen LogP contribution in [0, 0.1) is 0 Å². The zero-order valence-electron chi connectivity index (χ0n) is 10.5. The highest BCUT2D eigenvalue weighted by atomic mass is 16.5. The van der Waals surface area contributed by atoms with Crippen molar-refractivity contribution in [2.24, 2.45) is 5.73 Å². The number of benzene rings is 2. The molecule has 0 aliphatic carbocycles. The van der Waals surface area contributed by atoms with Gasteiger partial charge in [0.05, 0.1) is 12.8 Å². The summed E-state index contributed by atoms with van der Waals surface area (Å²) < 4.78 is 5.30. The van der Waals surface area contributed by atoms with Crippen LogP contribution >= 0.6 is 0 Å². The van der Waals surface area contributed by atoms with Crippen LogP contribution in [0.4, 0.5) is 5.69 Å². The van der Waals surface area contributed by atoms with Gasteiger partial charge in [-0.15, -0.1) is 0 Å². The van der Waals surface area contributed by atoms with Gasteiger partial charge < -0.3 is 15.8 Å². The van der Waals surface area contributed by atoms with Crippen molar-refractivity contribution in [3.05, 3.63) is 59.7 Å². The molecule has 0 bridgehead atoms. The average molecular weight is 242 g/mol. The van der Waals surface area contributed by atoms with Crippen LogP contribution in [0.25, 0.3) is 0 Å². The van der Waals surface area contributed by atoms with E-state index in [0.717, 1.165) is 23.5 Å². The third-order valence-electron chi connectivity index (χ3n) is 2.82. The van der Waals surface area contributed by atoms with Crippen LogP contribution in [0.15, 0.2) is 48.5 Å².